The first kappa shape index (κ1) is 24.4. The number of methoxy groups -OCH3 is 3. The second kappa shape index (κ2) is 10.7. The fourth-order valence-electron chi connectivity index (χ4n) is 5.67. The Bertz CT molecular complexity index is 957. The molecule has 2 aromatic rings. The van der Waals surface area contributed by atoms with Gasteiger partial charge in [0.15, 0.2) is 11.5 Å². The first-order valence-electron chi connectivity index (χ1n) is 12.1. The van der Waals surface area contributed by atoms with Crippen molar-refractivity contribution >= 4 is 5.91 Å². The first-order valence-corrected chi connectivity index (χ1v) is 12.1. The minimum absolute atomic E-state index is 0.0254. The van der Waals surface area contributed by atoms with Crippen molar-refractivity contribution in [1.82, 2.24) is 10.2 Å². The van der Waals surface area contributed by atoms with Crippen LogP contribution in [0.1, 0.15) is 49.3 Å². The molecule has 1 heterocycles. The molecule has 1 saturated carbocycles. The number of hydrogen-bond donors (Lipinski definition) is 2. The van der Waals surface area contributed by atoms with E-state index in [0.29, 0.717) is 36.8 Å². The van der Waals surface area contributed by atoms with Crippen molar-refractivity contribution in [3.63, 3.8) is 0 Å². The molecule has 4 rings (SSSR count). The second-order valence-corrected chi connectivity index (χ2v) is 9.34. The van der Waals surface area contributed by atoms with Crippen molar-refractivity contribution in [2.24, 2.45) is 5.92 Å². The average molecular weight is 469 g/mol. The molecule has 2 N–H and O–H groups in total. The molecule has 1 aliphatic carbocycles. The summed E-state index contributed by atoms with van der Waals surface area (Å²) in [6.45, 7) is 1.41. The summed E-state index contributed by atoms with van der Waals surface area (Å²) in [5.74, 6) is 1.70. The van der Waals surface area contributed by atoms with E-state index in [4.69, 9.17) is 14.2 Å². The summed E-state index contributed by atoms with van der Waals surface area (Å²) in [5.41, 5.74) is 1.31. The predicted octanol–water partition coefficient (Wildman–Crippen LogP) is 3.70. The Morgan fingerprint density at radius 1 is 1.06 bits per heavy atom. The molecule has 0 unspecified atom stereocenters. The number of carbonyl (C=O) groups excluding carboxylic acids is 1. The number of hydrogen-bond acceptors (Lipinski definition) is 6. The normalized spacial score (nSPS) is 24.7. The molecule has 34 heavy (non-hydrogen) atoms. The number of rotatable bonds is 8. The highest BCUT2D eigenvalue weighted by Gasteiger charge is 2.49. The Kier molecular flexibility index (Phi) is 7.63. The lowest BCUT2D eigenvalue weighted by molar-refractivity contribution is -0.138. The molecular weight excluding hydrogens is 432 g/mol. The smallest absolute Gasteiger partial charge is 0.234 e. The van der Waals surface area contributed by atoms with Crippen LogP contribution in [-0.4, -0.2) is 55.9 Å². The molecule has 0 aromatic heterocycles. The Hall–Kier alpha value is -2.77. The van der Waals surface area contributed by atoms with Crippen LogP contribution in [0.3, 0.4) is 0 Å². The van der Waals surface area contributed by atoms with Crippen molar-refractivity contribution in [1.29, 1.82) is 0 Å². The van der Waals surface area contributed by atoms with Crippen LogP contribution in [0.2, 0.25) is 0 Å². The molecule has 2 aliphatic rings. The fourth-order valence-corrected chi connectivity index (χ4v) is 5.67. The minimum Gasteiger partial charge on any atom is -0.493 e. The summed E-state index contributed by atoms with van der Waals surface area (Å²) in [7, 11) is 4.80. The van der Waals surface area contributed by atoms with Crippen LogP contribution in [0, 0.1) is 5.92 Å². The van der Waals surface area contributed by atoms with Gasteiger partial charge in [-0.15, -0.1) is 0 Å². The summed E-state index contributed by atoms with van der Waals surface area (Å²) in [6, 6.07) is 13.7. The van der Waals surface area contributed by atoms with Gasteiger partial charge in [-0.1, -0.05) is 43.2 Å². The lowest BCUT2D eigenvalue weighted by Crippen LogP contribution is -2.56. The van der Waals surface area contributed by atoms with E-state index < -0.39 is 5.60 Å². The van der Waals surface area contributed by atoms with Crippen molar-refractivity contribution in [3.8, 4) is 17.2 Å². The van der Waals surface area contributed by atoms with Crippen LogP contribution in [0.15, 0.2) is 42.5 Å². The van der Waals surface area contributed by atoms with Gasteiger partial charge in [0.25, 0.3) is 0 Å². The number of piperidine rings is 1. The zero-order valence-electron chi connectivity index (χ0n) is 20.4. The molecule has 7 heteroatoms. The van der Waals surface area contributed by atoms with E-state index in [0.717, 1.165) is 36.8 Å². The van der Waals surface area contributed by atoms with Crippen LogP contribution in [0.5, 0.6) is 17.2 Å². The topological polar surface area (TPSA) is 80.3 Å². The van der Waals surface area contributed by atoms with E-state index in [2.05, 4.69) is 10.2 Å². The van der Waals surface area contributed by atoms with Crippen LogP contribution in [-0.2, 0) is 11.3 Å². The third kappa shape index (κ3) is 5.00. The standard InChI is InChI=1S/C27H36N2O5/c1-32-22-15-20(16-23(33-2)26(22)34-3)25-21-11-7-8-12-27(21,31)13-14-29(25)18-24(30)28-17-19-9-5-4-6-10-19/h4-6,9-10,15-16,21,25,31H,7-8,11-14,17-18H2,1-3H3,(H,28,30)/t21-,25-,27-/m0/s1. The number of aliphatic hydroxyl groups is 1. The number of nitrogens with zero attached hydrogens (tertiary/aromatic N) is 1. The zero-order valence-corrected chi connectivity index (χ0v) is 20.4. The molecule has 184 valence electrons. The molecule has 2 fully saturated rings. The summed E-state index contributed by atoms with van der Waals surface area (Å²) < 4.78 is 16.7. The zero-order chi connectivity index (χ0) is 24.1. The maximum absolute atomic E-state index is 13.0. The molecule has 7 nitrogen and oxygen atoms in total. The first-order chi connectivity index (χ1) is 16.5. The number of amides is 1. The van der Waals surface area contributed by atoms with Gasteiger partial charge in [0.1, 0.15) is 0 Å². The number of carbonyl (C=O) groups is 1. The molecule has 1 saturated heterocycles. The molecule has 0 bridgehead atoms. The molecule has 3 atom stereocenters. The molecular formula is C27H36N2O5. The lowest BCUT2D eigenvalue weighted by Gasteiger charge is -2.52. The Morgan fingerprint density at radius 3 is 2.41 bits per heavy atom. The summed E-state index contributed by atoms with van der Waals surface area (Å²) in [6.07, 6.45) is 4.49. The molecule has 1 amide bonds. The fraction of sp³-hybridized carbons (Fsp3) is 0.519. The second-order valence-electron chi connectivity index (χ2n) is 9.34. The monoisotopic (exact) mass is 468 g/mol. The predicted molar refractivity (Wildman–Crippen MR) is 130 cm³/mol. The highest BCUT2D eigenvalue weighted by atomic mass is 16.5. The molecule has 2 aromatic carbocycles. The quantitative estimate of drug-likeness (QED) is 0.615. The van der Waals surface area contributed by atoms with E-state index in [1.807, 2.05) is 42.5 Å². The number of benzene rings is 2. The van der Waals surface area contributed by atoms with E-state index in [1.165, 1.54) is 0 Å². The van der Waals surface area contributed by atoms with Gasteiger partial charge >= 0.3 is 0 Å². The van der Waals surface area contributed by atoms with E-state index in [1.54, 1.807) is 21.3 Å². The maximum Gasteiger partial charge on any atom is 0.234 e. The van der Waals surface area contributed by atoms with Gasteiger partial charge < -0.3 is 24.6 Å². The third-order valence-corrected chi connectivity index (χ3v) is 7.38. The summed E-state index contributed by atoms with van der Waals surface area (Å²) in [4.78, 5) is 15.2. The summed E-state index contributed by atoms with van der Waals surface area (Å²) >= 11 is 0. The van der Waals surface area contributed by atoms with Gasteiger partial charge in [0.05, 0.1) is 33.5 Å². The van der Waals surface area contributed by atoms with Gasteiger partial charge in [-0.25, -0.2) is 0 Å². The number of ether oxygens (including phenoxy) is 3. The molecule has 0 spiro atoms. The van der Waals surface area contributed by atoms with Gasteiger partial charge in [-0.3, -0.25) is 9.69 Å². The summed E-state index contributed by atoms with van der Waals surface area (Å²) in [5, 5.41) is 14.6. The SMILES string of the molecule is COc1cc([C@H]2[C@@H]3CCCC[C@]3(O)CCN2CC(=O)NCc2ccccc2)cc(OC)c1OC. The van der Waals surface area contributed by atoms with Crippen LogP contribution in [0.4, 0.5) is 0 Å². The molecule has 1 aliphatic heterocycles. The van der Waals surface area contributed by atoms with Gasteiger partial charge in [0, 0.05) is 25.0 Å². The Labute approximate surface area is 202 Å². The average Bonchev–Trinajstić information content (AvgIpc) is 2.87. The van der Waals surface area contributed by atoms with Crippen molar-refractivity contribution in [3.05, 3.63) is 53.6 Å². The van der Waals surface area contributed by atoms with Gasteiger partial charge in [0.2, 0.25) is 11.7 Å². The van der Waals surface area contributed by atoms with Gasteiger partial charge in [-0.05, 0) is 42.5 Å². The van der Waals surface area contributed by atoms with Gasteiger partial charge in [-0.2, -0.15) is 0 Å². The van der Waals surface area contributed by atoms with Crippen molar-refractivity contribution < 1.29 is 24.1 Å². The number of nitrogens with one attached hydrogen (secondary N) is 1. The van der Waals surface area contributed by atoms with Crippen LogP contribution in [0.25, 0.3) is 0 Å². The van der Waals surface area contributed by atoms with Crippen molar-refractivity contribution in [2.75, 3.05) is 34.4 Å². The maximum atomic E-state index is 13.0. The number of fused-ring (bicyclic) bond motifs is 1. The number of likely N-dealkylation sites (tertiary alicyclic amines) is 1. The molecule has 0 radical (unpaired) electrons. The minimum atomic E-state index is -0.722. The Morgan fingerprint density at radius 2 is 1.76 bits per heavy atom. The van der Waals surface area contributed by atoms with E-state index >= 15 is 0 Å². The van der Waals surface area contributed by atoms with Crippen molar-refractivity contribution in [2.45, 2.75) is 50.3 Å². The third-order valence-electron chi connectivity index (χ3n) is 7.38. The Balaban J connectivity index is 1.62. The largest absolute Gasteiger partial charge is 0.493 e. The van der Waals surface area contributed by atoms with Crippen LogP contribution < -0.4 is 19.5 Å². The lowest BCUT2D eigenvalue weighted by atomic mass is 9.66. The van der Waals surface area contributed by atoms with E-state index in [-0.39, 0.29) is 24.4 Å². The highest BCUT2D eigenvalue weighted by molar-refractivity contribution is 5.78. The van der Waals surface area contributed by atoms with Crippen LogP contribution >= 0.6 is 0 Å². The van der Waals surface area contributed by atoms with E-state index in [9.17, 15) is 9.90 Å². The highest BCUT2D eigenvalue weighted by Crippen LogP contribution is 2.51.